The van der Waals surface area contributed by atoms with Gasteiger partial charge in [0.15, 0.2) is 0 Å². The van der Waals surface area contributed by atoms with E-state index in [4.69, 9.17) is 10.6 Å². The Bertz CT molecular complexity index is 1310. The standard InChI is InChI=1S/C24H24FN3O5S/c1-16-13-19(17-7-6-8-18(14-17)23(29)27-11-12-33-2)15-21(22(16)25)24(30)28(26)34(31,32)20-9-4-3-5-10-20/h3-10,13-15H,11-12,26H2,1-2H3,(H,27,29). The Morgan fingerprint density at radius 1 is 1.03 bits per heavy atom. The smallest absolute Gasteiger partial charge is 0.285 e. The number of nitrogens with one attached hydrogen (secondary N) is 1. The number of hydrogen-bond donors (Lipinski definition) is 2. The summed E-state index contributed by atoms with van der Waals surface area (Å²) in [7, 11) is -2.87. The first-order chi connectivity index (χ1) is 16.2. The number of nitrogens with zero attached hydrogens (tertiary/aromatic N) is 1. The van der Waals surface area contributed by atoms with Gasteiger partial charge in [-0.1, -0.05) is 30.3 Å². The summed E-state index contributed by atoms with van der Waals surface area (Å²) in [6, 6.07) is 16.4. The molecular weight excluding hydrogens is 461 g/mol. The minimum Gasteiger partial charge on any atom is -0.383 e. The van der Waals surface area contributed by atoms with Gasteiger partial charge in [-0.15, -0.1) is 0 Å². The maximum absolute atomic E-state index is 14.9. The molecule has 0 aliphatic heterocycles. The van der Waals surface area contributed by atoms with Crippen LogP contribution in [0.25, 0.3) is 11.1 Å². The third-order valence-corrected chi connectivity index (χ3v) is 6.59. The number of benzene rings is 3. The van der Waals surface area contributed by atoms with Crippen LogP contribution in [0, 0.1) is 12.7 Å². The Hall–Kier alpha value is -3.60. The van der Waals surface area contributed by atoms with Crippen molar-refractivity contribution >= 4 is 21.8 Å². The molecule has 0 heterocycles. The van der Waals surface area contributed by atoms with Crippen molar-refractivity contribution in [1.82, 2.24) is 9.73 Å². The van der Waals surface area contributed by atoms with Crippen molar-refractivity contribution in [2.75, 3.05) is 20.3 Å². The molecule has 0 saturated carbocycles. The molecular formula is C24H24FN3O5S. The normalized spacial score (nSPS) is 11.2. The Labute approximate surface area is 197 Å². The monoisotopic (exact) mass is 485 g/mol. The number of rotatable bonds is 8. The van der Waals surface area contributed by atoms with Crippen molar-refractivity contribution in [3.05, 3.63) is 89.2 Å². The Morgan fingerprint density at radius 3 is 2.41 bits per heavy atom. The van der Waals surface area contributed by atoms with E-state index in [1.165, 1.54) is 50.4 Å². The van der Waals surface area contributed by atoms with Crippen LogP contribution in [0.5, 0.6) is 0 Å². The molecule has 0 fully saturated rings. The molecule has 3 N–H and O–H groups in total. The maximum Gasteiger partial charge on any atom is 0.285 e. The quantitative estimate of drug-likeness (QED) is 0.219. The number of hydrogen-bond acceptors (Lipinski definition) is 6. The molecule has 0 unspecified atom stereocenters. The lowest BCUT2D eigenvalue weighted by molar-refractivity contribution is 0.0856. The van der Waals surface area contributed by atoms with Gasteiger partial charge in [-0.25, -0.2) is 10.2 Å². The third kappa shape index (κ3) is 5.30. The lowest BCUT2D eigenvalue weighted by Crippen LogP contribution is -2.42. The van der Waals surface area contributed by atoms with E-state index in [2.05, 4.69) is 5.32 Å². The fraction of sp³-hybridized carbons (Fsp3) is 0.167. The Balaban J connectivity index is 1.97. The average Bonchev–Trinajstić information content (AvgIpc) is 2.85. The number of hydrazine groups is 1. The van der Waals surface area contributed by atoms with Gasteiger partial charge in [-0.2, -0.15) is 12.8 Å². The first kappa shape index (κ1) is 25.0. The molecule has 3 rings (SSSR count). The van der Waals surface area contributed by atoms with E-state index < -0.39 is 27.3 Å². The van der Waals surface area contributed by atoms with Crippen LogP contribution >= 0.6 is 0 Å². The van der Waals surface area contributed by atoms with Gasteiger partial charge in [0.25, 0.3) is 21.8 Å². The molecule has 10 heteroatoms. The molecule has 0 radical (unpaired) electrons. The van der Waals surface area contributed by atoms with Gasteiger partial charge in [0, 0.05) is 19.2 Å². The molecule has 34 heavy (non-hydrogen) atoms. The number of ether oxygens (including phenoxy) is 1. The zero-order valence-electron chi connectivity index (χ0n) is 18.6. The molecule has 0 bridgehead atoms. The summed E-state index contributed by atoms with van der Waals surface area (Å²) >= 11 is 0. The van der Waals surface area contributed by atoms with Gasteiger partial charge >= 0.3 is 0 Å². The van der Waals surface area contributed by atoms with Crippen LogP contribution in [-0.4, -0.2) is 44.9 Å². The van der Waals surface area contributed by atoms with Crippen molar-refractivity contribution in [1.29, 1.82) is 0 Å². The molecule has 0 spiro atoms. The van der Waals surface area contributed by atoms with Gasteiger partial charge in [0.05, 0.1) is 17.1 Å². The molecule has 0 aromatic heterocycles. The van der Waals surface area contributed by atoms with Gasteiger partial charge in [0.2, 0.25) is 0 Å². The van der Waals surface area contributed by atoms with Crippen LogP contribution in [0.1, 0.15) is 26.3 Å². The molecule has 0 aliphatic rings. The largest absolute Gasteiger partial charge is 0.383 e. The number of halogens is 1. The van der Waals surface area contributed by atoms with Crippen molar-refractivity contribution < 1.29 is 27.1 Å². The number of methoxy groups -OCH3 is 1. The molecule has 3 aromatic carbocycles. The summed E-state index contributed by atoms with van der Waals surface area (Å²) in [5.41, 5.74) is 0.911. The highest BCUT2D eigenvalue weighted by Gasteiger charge is 2.30. The van der Waals surface area contributed by atoms with Crippen LogP contribution in [0.3, 0.4) is 0 Å². The predicted molar refractivity (Wildman–Crippen MR) is 125 cm³/mol. The summed E-state index contributed by atoms with van der Waals surface area (Å²) in [5, 5.41) is 2.71. The average molecular weight is 486 g/mol. The van der Waals surface area contributed by atoms with E-state index >= 15 is 0 Å². The van der Waals surface area contributed by atoms with Crippen molar-refractivity contribution in [2.45, 2.75) is 11.8 Å². The number of carbonyl (C=O) groups is 2. The summed E-state index contributed by atoms with van der Waals surface area (Å²) in [6.45, 7) is 2.13. The number of amides is 2. The van der Waals surface area contributed by atoms with E-state index in [1.54, 1.807) is 30.3 Å². The Kier molecular flexibility index (Phi) is 7.77. The highest BCUT2D eigenvalue weighted by molar-refractivity contribution is 7.89. The summed E-state index contributed by atoms with van der Waals surface area (Å²) in [6.07, 6.45) is 0. The second kappa shape index (κ2) is 10.6. The van der Waals surface area contributed by atoms with E-state index in [1.807, 2.05) is 0 Å². The summed E-state index contributed by atoms with van der Waals surface area (Å²) in [5.74, 6) is 3.22. The van der Waals surface area contributed by atoms with E-state index in [9.17, 15) is 22.4 Å². The highest BCUT2D eigenvalue weighted by Crippen LogP contribution is 2.27. The number of nitrogens with two attached hydrogens (primary N) is 1. The fourth-order valence-electron chi connectivity index (χ4n) is 3.23. The molecule has 3 aromatic rings. The van der Waals surface area contributed by atoms with Crippen molar-refractivity contribution in [3.8, 4) is 11.1 Å². The highest BCUT2D eigenvalue weighted by atomic mass is 32.2. The number of carbonyl (C=O) groups excluding carboxylic acids is 2. The molecule has 0 saturated heterocycles. The minimum absolute atomic E-state index is 0.0314. The predicted octanol–water partition coefficient (Wildman–Crippen LogP) is 2.88. The summed E-state index contributed by atoms with van der Waals surface area (Å²) in [4.78, 5) is 25.1. The third-order valence-electron chi connectivity index (χ3n) is 5.03. The van der Waals surface area contributed by atoms with E-state index in [0.29, 0.717) is 29.8 Å². The van der Waals surface area contributed by atoms with E-state index in [-0.39, 0.29) is 20.8 Å². The zero-order valence-corrected chi connectivity index (χ0v) is 19.4. The number of aryl methyl sites for hydroxylation is 1. The maximum atomic E-state index is 14.9. The molecule has 178 valence electrons. The van der Waals surface area contributed by atoms with E-state index in [0.717, 1.165) is 0 Å². The number of sulfonamides is 1. The Morgan fingerprint density at radius 2 is 1.74 bits per heavy atom. The van der Waals surface area contributed by atoms with Crippen molar-refractivity contribution in [2.24, 2.45) is 5.84 Å². The molecule has 8 nitrogen and oxygen atoms in total. The first-order valence-corrected chi connectivity index (χ1v) is 11.7. The summed E-state index contributed by atoms with van der Waals surface area (Å²) < 4.78 is 45.3. The minimum atomic E-state index is -4.39. The van der Waals surface area contributed by atoms with Crippen LogP contribution in [0.4, 0.5) is 4.39 Å². The topological polar surface area (TPSA) is 119 Å². The molecule has 0 aliphatic carbocycles. The van der Waals surface area contributed by atoms with Gasteiger partial charge < -0.3 is 10.1 Å². The lowest BCUT2D eigenvalue weighted by Gasteiger charge is -2.18. The first-order valence-electron chi connectivity index (χ1n) is 10.2. The van der Waals surface area contributed by atoms with Crippen molar-refractivity contribution in [3.63, 3.8) is 0 Å². The van der Waals surface area contributed by atoms with Crippen LogP contribution in [0.15, 0.2) is 71.6 Å². The molecule has 0 atom stereocenters. The lowest BCUT2D eigenvalue weighted by atomic mass is 9.97. The fourth-order valence-corrected chi connectivity index (χ4v) is 4.28. The van der Waals surface area contributed by atoms with Gasteiger partial charge in [0.1, 0.15) is 5.82 Å². The second-order valence-corrected chi connectivity index (χ2v) is 9.22. The SMILES string of the molecule is COCCNC(=O)c1cccc(-c2cc(C)c(F)c(C(=O)N(N)S(=O)(=O)c3ccccc3)c2)c1. The van der Waals surface area contributed by atoms with Crippen LogP contribution in [-0.2, 0) is 14.8 Å². The van der Waals surface area contributed by atoms with Gasteiger partial charge in [-0.05, 0) is 60.0 Å². The molecule has 2 amide bonds. The zero-order chi connectivity index (χ0) is 24.9. The van der Waals surface area contributed by atoms with Crippen LogP contribution in [0.2, 0.25) is 0 Å². The van der Waals surface area contributed by atoms with Gasteiger partial charge in [-0.3, -0.25) is 9.59 Å². The van der Waals surface area contributed by atoms with Crippen LogP contribution < -0.4 is 11.2 Å². The second-order valence-electron chi connectivity index (χ2n) is 7.40.